The van der Waals surface area contributed by atoms with Crippen LogP contribution >= 0.6 is 0 Å². The lowest BCUT2D eigenvalue weighted by atomic mass is 10.0. The smallest absolute Gasteiger partial charge is 0.336 e. The van der Waals surface area contributed by atoms with E-state index >= 15 is 0 Å². The molecule has 0 amide bonds. The van der Waals surface area contributed by atoms with Crippen molar-refractivity contribution < 1.29 is 19.1 Å². The summed E-state index contributed by atoms with van der Waals surface area (Å²) in [5.74, 6) is -0.229. The molecule has 1 heterocycles. The summed E-state index contributed by atoms with van der Waals surface area (Å²) in [6, 6.07) is 6.66. The number of benzene rings is 1. The van der Waals surface area contributed by atoms with Gasteiger partial charge in [-0.15, -0.1) is 0 Å². The molecule has 1 aromatic carbocycles. The van der Waals surface area contributed by atoms with Gasteiger partial charge in [0.2, 0.25) is 0 Å². The normalized spacial score (nSPS) is 10.6. The molecule has 0 aliphatic rings. The molecule has 5 heteroatoms. The number of rotatable bonds is 5. The van der Waals surface area contributed by atoms with Crippen LogP contribution in [0.4, 0.5) is 0 Å². The molecule has 2 aromatic rings. The van der Waals surface area contributed by atoms with E-state index in [4.69, 9.17) is 14.3 Å². The summed E-state index contributed by atoms with van der Waals surface area (Å²) in [6.45, 7) is 0. The van der Waals surface area contributed by atoms with E-state index in [1.54, 1.807) is 12.1 Å². The van der Waals surface area contributed by atoms with E-state index in [1.165, 1.54) is 13.2 Å². The Kier molecular flexibility index (Phi) is 3.85. The van der Waals surface area contributed by atoms with E-state index in [0.29, 0.717) is 24.2 Å². The number of fused-ring (bicyclic) bond motifs is 1. The molecule has 0 spiro atoms. The van der Waals surface area contributed by atoms with E-state index in [9.17, 15) is 9.59 Å². The zero-order valence-electron chi connectivity index (χ0n) is 10.5. The average Bonchev–Trinajstić information content (AvgIpc) is 2.37. The minimum absolute atomic E-state index is 0.0812. The van der Waals surface area contributed by atoms with Crippen LogP contribution in [0.2, 0.25) is 0 Å². The third-order valence-electron chi connectivity index (χ3n) is 2.87. The summed E-state index contributed by atoms with van der Waals surface area (Å²) < 4.78 is 10.2. The van der Waals surface area contributed by atoms with E-state index in [-0.39, 0.29) is 6.42 Å². The molecule has 0 radical (unpaired) electrons. The standard InChI is InChI=1S/C14H14O5/c1-18-10-5-6-11-9(3-2-4-13(15)16)7-14(17)19-12(11)8-10/h5-8H,2-4H2,1H3,(H,15,16). The summed E-state index contributed by atoms with van der Waals surface area (Å²) in [5.41, 5.74) is 0.818. The summed E-state index contributed by atoms with van der Waals surface area (Å²) in [5, 5.41) is 9.44. The zero-order valence-corrected chi connectivity index (χ0v) is 10.5. The molecule has 0 aliphatic carbocycles. The highest BCUT2D eigenvalue weighted by Gasteiger charge is 2.07. The van der Waals surface area contributed by atoms with Gasteiger partial charge in [0.25, 0.3) is 0 Å². The van der Waals surface area contributed by atoms with E-state index in [2.05, 4.69) is 0 Å². The number of hydrogen-bond acceptors (Lipinski definition) is 4. The summed E-state index contributed by atoms with van der Waals surface area (Å²) >= 11 is 0. The summed E-state index contributed by atoms with van der Waals surface area (Å²) in [4.78, 5) is 22.0. The Balaban J connectivity index is 2.37. The topological polar surface area (TPSA) is 76.7 Å². The van der Waals surface area contributed by atoms with Gasteiger partial charge < -0.3 is 14.3 Å². The van der Waals surface area contributed by atoms with Crippen molar-refractivity contribution in [1.82, 2.24) is 0 Å². The minimum atomic E-state index is -0.839. The van der Waals surface area contributed by atoms with Gasteiger partial charge in [-0.05, 0) is 30.5 Å². The van der Waals surface area contributed by atoms with Crippen molar-refractivity contribution in [3.8, 4) is 5.75 Å². The predicted octanol–water partition coefficient (Wildman–Crippen LogP) is 2.21. The predicted molar refractivity (Wildman–Crippen MR) is 69.6 cm³/mol. The van der Waals surface area contributed by atoms with Crippen molar-refractivity contribution in [2.24, 2.45) is 0 Å². The maximum atomic E-state index is 11.5. The third-order valence-corrected chi connectivity index (χ3v) is 2.87. The van der Waals surface area contributed by atoms with Crippen molar-refractivity contribution in [2.75, 3.05) is 7.11 Å². The fourth-order valence-corrected chi connectivity index (χ4v) is 1.97. The molecule has 1 aromatic heterocycles. The monoisotopic (exact) mass is 262 g/mol. The highest BCUT2D eigenvalue weighted by atomic mass is 16.5. The number of ether oxygens (including phenoxy) is 1. The number of hydrogen-bond donors (Lipinski definition) is 1. The number of aliphatic carboxylic acids is 1. The van der Waals surface area contributed by atoms with Crippen molar-refractivity contribution in [3.05, 3.63) is 40.2 Å². The highest BCUT2D eigenvalue weighted by Crippen LogP contribution is 2.23. The Morgan fingerprint density at radius 2 is 2.16 bits per heavy atom. The number of carboxylic acids is 1. The van der Waals surface area contributed by atoms with Crippen LogP contribution in [0.3, 0.4) is 0 Å². The van der Waals surface area contributed by atoms with Crippen molar-refractivity contribution in [2.45, 2.75) is 19.3 Å². The van der Waals surface area contributed by atoms with Gasteiger partial charge in [0.15, 0.2) is 0 Å². The van der Waals surface area contributed by atoms with Gasteiger partial charge in [0.1, 0.15) is 11.3 Å². The third kappa shape index (κ3) is 3.13. The second-order valence-corrected chi connectivity index (χ2v) is 4.20. The molecule has 0 aliphatic heterocycles. The van der Waals surface area contributed by atoms with Crippen LogP contribution in [0.25, 0.3) is 11.0 Å². The van der Waals surface area contributed by atoms with Gasteiger partial charge in [-0.25, -0.2) is 4.79 Å². The Labute approximate surface area is 109 Å². The lowest BCUT2D eigenvalue weighted by molar-refractivity contribution is -0.137. The Bertz CT molecular complexity index is 656. The van der Waals surface area contributed by atoms with E-state index < -0.39 is 11.6 Å². The number of carbonyl (C=O) groups is 1. The molecule has 0 fully saturated rings. The first-order valence-corrected chi connectivity index (χ1v) is 5.92. The maximum absolute atomic E-state index is 11.5. The SMILES string of the molecule is COc1ccc2c(CCCC(=O)O)cc(=O)oc2c1. The van der Waals surface area contributed by atoms with Gasteiger partial charge in [0, 0.05) is 23.9 Å². The summed E-state index contributed by atoms with van der Waals surface area (Å²) in [7, 11) is 1.54. The largest absolute Gasteiger partial charge is 0.497 e. The van der Waals surface area contributed by atoms with E-state index in [0.717, 1.165) is 10.9 Å². The van der Waals surface area contributed by atoms with Gasteiger partial charge in [-0.3, -0.25) is 4.79 Å². The Morgan fingerprint density at radius 1 is 1.37 bits per heavy atom. The maximum Gasteiger partial charge on any atom is 0.336 e. The number of aryl methyl sites for hydroxylation is 1. The molecule has 1 N–H and O–H groups in total. The molecular weight excluding hydrogens is 248 g/mol. The number of methoxy groups -OCH3 is 1. The fourth-order valence-electron chi connectivity index (χ4n) is 1.97. The molecule has 0 unspecified atom stereocenters. The molecule has 19 heavy (non-hydrogen) atoms. The summed E-state index contributed by atoms with van der Waals surface area (Å²) in [6.07, 6.45) is 1.10. The number of carboxylic acid groups (broad SMARTS) is 1. The van der Waals surface area contributed by atoms with E-state index in [1.807, 2.05) is 6.07 Å². The van der Waals surface area contributed by atoms with Crippen LogP contribution < -0.4 is 10.4 Å². The molecule has 0 saturated heterocycles. The second kappa shape index (κ2) is 5.56. The van der Waals surface area contributed by atoms with Crippen molar-refractivity contribution in [3.63, 3.8) is 0 Å². The zero-order chi connectivity index (χ0) is 13.8. The van der Waals surface area contributed by atoms with Gasteiger partial charge in [0.05, 0.1) is 7.11 Å². The molecule has 5 nitrogen and oxygen atoms in total. The van der Waals surface area contributed by atoms with Crippen LogP contribution in [0.5, 0.6) is 5.75 Å². The Morgan fingerprint density at radius 3 is 2.84 bits per heavy atom. The highest BCUT2D eigenvalue weighted by molar-refractivity contribution is 5.81. The van der Waals surface area contributed by atoms with Gasteiger partial charge in [-0.1, -0.05) is 0 Å². The fraction of sp³-hybridized carbons (Fsp3) is 0.286. The van der Waals surface area contributed by atoms with Crippen LogP contribution in [0.15, 0.2) is 33.5 Å². The van der Waals surface area contributed by atoms with Crippen LogP contribution in [-0.2, 0) is 11.2 Å². The minimum Gasteiger partial charge on any atom is -0.497 e. The molecular formula is C14H14O5. The molecule has 0 atom stereocenters. The quantitative estimate of drug-likeness (QED) is 0.836. The van der Waals surface area contributed by atoms with Crippen LogP contribution in [0, 0.1) is 0 Å². The lowest BCUT2D eigenvalue weighted by Crippen LogP contribution is -2.02. The van der Waals surface area contributed by atoms with Crippen LogP contribution in [-0.4, -0.2) is 18.2 Å². The molecule has 0 saturated carbocycles. The van der Waals surface area contributed by atoms with Crippen molar-refractivity contribution >= 4 is 16.9 Å². The molecule has 0 bridgehead atoms. The van der Waals surface area contributed by atoms with Crippen LogP contribution in [0.1, 0.15) is 18.4 Å². The average molecular weight is 262 g/mol. The Hall–Kier alpha value is -2.30. The second-order valence-electron chi connectivity index (χ2n) is 4.20. The first-order valence-electron chi connectivity index (χ1n) is 5.92. The molecule has 2 rings (SSSR count). The molecule has 100 valence electrons. The van der Waals surface area contributed by atoms with Crippen molar-refractivity contribution in [1.29, 1.82) is 0 Å². The van der Waals surface area contributed by atoms with Gasteiger partial charge in [-0.2, -0.15) is 0 Å². The lowest BCUT2D eigenvalue weighted by Gasteiger charge is -2.06. The van der Waals surface area contributed by atoms with Gasteiger partial charge >= 0.3 is 11.6 Å². The first-order chi connectivity index (χ1) is 9.10. The first kappa shape index (κ1) is 13.1.